The highest BCUT2D eigenvalue weighted by atomic mass is 16.3. The zero-order valence-corrected chi connectivity index (χ0v) is 12.2. The Kier molecular flexibility index (Phi) is 4.52. The normalized spacial score (nSPS) is 12.4. The molecule has 0 radical (unpaired) electrons. The average Bonchev–Trinajstić information content (AvgIpc) is 2.31. The maximum atomic E-state index is 11.5. The van der Waals surface area contributed by atoms with Crippen molar-refractivity contribution < 1.29 is 9.90 Å². The van der Waals surface area contributed by atoms with Crippen LogP contribution in [0.5, 0.6) is 0 Å². The number of carbonyl (C=O) groups is 1. The van der Waals surface area contributed by atoms with Gasteiger partial charge in [-0.3, -0.25) is 4.79 Å². The number of aliphatic hydroxyl groups excluding tert-OH is 1. The van der Waals surface area contributed by atoms with Gasteiger partial charge in [0.15, 0.2) is 0 Å². The highest BCUT2D eigenvalue weighted by Gasteiger charge is 2.23. The predicted molar refractivity (Wildman–Crippen MR) is 73.7 cm³/mol. The van der Waals surface area contributed by atoms with Gasteiger partial charge < -0.3 is 10.0 Å². The second-order valence-electron chi connectivity index (χ2n) is 5.00. The molecule has 0 fully saturated rings. The van der Waals surface area contributed by atoms with E-state index in [-0.39, 0.29) is 18.6 Å². The molecule has 100 valence electrons. The minimum Gasteiger partial charge on any atom is -0.394 e. The molecule has 1 rings (SSSR count). The molecule has 0 bridgehead atoms. The lowest BCUT2D eigenvalue weighted by atomic mass is 9.89. The van der Waals surface area contributed by atoms with Gasteiger partial charge in [-0.15, -0.1) is 0 Å². The first-order chi connectivity index (χ1) is 8.31. The fourth-order valence-corrected chi connectivity index (χ4v) is 2.37. The molecule has 1 unspecified atom stereocenters. The van der Waals surface area contributed by atoms with E-state index < -0.39 is 0 Å². The fraction of sp³-hybridized carbons (Fsp3) is 0.533. The third-order valence-corrected chi connectivity index (χ3v) is 3.89. The Labute approximate surface area is 109 Å². The summed E-state index contributed by atoms with van der Waals surface area (Å²) in [5.74, 6) is -0.0352. The summed E-state index contributed by atoms with van der Waals surface area (Å²) in [6, 6.07) is 1.89. The molecule has 0 aliphatic carbocycles. The molecule has 1 aromatic carbocycles. The van der Waals surface area contributed by atoms with E-state index in [4.69, 9.17) is 0 Å². The van der Waals surface area contributed by atoms with Gasteiger partial charge in [-0.2, -0.15) is 0 Å². The molecule has 0 saturated heterocycles. The molecule has 1 amide bonds. The lowest BCUT2D eigenvalue weighted by Gasteiger charge is -2.30. The molecule has 3 nitrogen and oxygen atoms in total. The Morgan fingerprint density at radius 3 is 2.00 bits per heavy atom. The van der Waals surface area contributed by atoms with Crippen molar-refractivity contribution in [2.24, 2.45) is 0 Å². The molecule has 0 aliphatic rings. The Bertz CT molecular complexity index is 440. The van der Waals surface area contributed by atoms with E-state index in [0.717, 1.165) is 16.7 Å². The monoisotopic (exact) mass is 249 g/mol. The smallest absolute Gasteiger partial charge is 0.219 e. The summed E-state index contributed by atoms with van der Waals surface area (Å²) in [5, 5.41) is 9.64. The van der Waals surface area contributed by atoms with Crippen LogP contribution in [-0.4, -0.2) is 29.6 Å². The Hall–Kier alpha value is -1.35. The van der Waals surface area contributed by atoms with E-state index in [0.29, 0.717) is 0 Å². The van der Waals surface area contributed by atoms with Crippen LogP contribution in [0.1, 0.15) is 40.8 Å². The van der Waals surface area contributed by atoms with Crippen LogP contribution in [0.2, 0.25) is 0 Å². The second-order valence-corrected chi connectivity index (χ2v) is 5.00. The summed E-state index contributed by atoms with van der Waals surface area (Å²) >= 11 is 0. The Balaban J connectivity index is 3.42. The maximum absolute atomic E-state index is 11.5. The first-order valence-corrected chi connectivity index (χ1v) is 6.22. The fourth-order valence-electron chi connectivity index (χ4n) is 2.37. The van der Waals surface area contributed by atoms with Gasteiger partial charge in [-0.05, 0) is 55.5 Å². The zero-order valence-electron chi connectivity index (χ0n) is 12.2. The molecule has 0 heterocycles. The van der Waals surface area contributed by atoms with Crippen LogP contribution in [0.3, 0.4) is 0 Å². The quantitative estimate of drug-likeness (QED) is 0.893. The molecule has 0 spiro atoms. The Morgan fingerprint density at radius 1 is 1.22 bits per heavy atom. The molecule has 1 N–H and O–H groups in total. The molecular formula is C15H23NO2. The average molecular weight is 249 g/mol. The number of carbonyl (C=O) groups excluding carboxylic acids is 1. The van der Waals surface area contributed by atoms with Crippen LogP contribution in [0, 0.1) is 27.7 Å². The van der Waals surface area contributed by atoms with Crippen molar-refractivity contribution in [1.82, 2.24) is 4.90 Å². The van der Waals surface area contributed by atoms with Gasteiger partial charge in [0.2, 0.25) is 5.91 Å². The van der Waals surface area contributed by atoms with Gasteiger partial charge >= 0.3 is 0 Å². The third kappa shape index (κ3) is 2.56. The van der Waals surface area contributed by atoms with Crippen molar-refractivity contribution in [3.63, 3.8) is 0 Å². The van der Waals surface area contributed by atoms with E-state index in [1.165, 1.54) is 18.1 Å². The van der Waals surface area contributed by atoms with E-state index in [1.54, 1.807) is 11.9 Å². The summed E-state index contributed by atoms with van der Waals surface area (Å²) < 4.78 is 0. The van der Waals surface area contributed by atoms with Gasteiger partial charge in [0.1, 0.15) is 0 Å². The minimum atomic E-state index is -0.263. The van der Waals surface area contributed by atoms with Crippen LogP contribution < -0.4 is 0 Å². The summed E-state index contributed by atoms with van der Waals surface area (Å²) in [6.45, 7) is 9.69. The number of nitrogens with zero attached hydrogens (tertiary/aromatic N) is 1. The summed E-state index contributed by atoms with van der Waals surface area (Å²) in [5.41, 5.74) is 5.79. The highest BCUT2D eigenvalue weighted by Crippen LogP contribution is 2.30. The number of benzene rings is 1. The zero-order chi connectivity index (χ0) is 14.0. The van der Waals surface area contributed by atoms with Crippen molar-refractivity contribution in [2.75, 3.05) is 13.7 Å². The lowest BCUT2D eigenvalue weighted by molar-refractivity contribution is -0.130. The lowest BCUT2D eigenvalue weighted by Crippen LogP contribution is -2.32. The largest absolute Gasteiger partial charge is 0.394 e. The standard InChI is InChI=1S/C15H23NO2/c1-9-7-10(2)12(4)15(11(9)3)14(8-17)16(6)13(5)18/h7,14,17H,8H2,1-6H3. The molecule has 0 aliphatic heterocycles. The predicted octanol–water partition coefficient (Wildman–Crippen LogP) is 2.43. The van der Waals surface area contributed by atoms with Gasteiger partial charge in [0.25, 0.3) is 0 Å². The van der Waals surface area contributed by atoms with Crippen molar-refractivity contribution in [2.45, 2.75) is 40.7 Å². The number of rotatable bonds is 3. The molecule has 1 atom stereocenters. The first kappa shape index (κ1) is 14.7. The molecule has 3 heteroatoms. The van der Waals surface area contributed by atoms with Crippen LogP contribution >= 0.6 is 0 Å². The van der Waals surface area contributed by atoms with Gasteiger partial charge in [-0.1, -0.05) is 6.07 Å². The van der Waals surface area contributed by atoms with Gasteiger partial charge in [-0.25, -0.2) is 0 Å². The van der Waals surface area contributed by atoms with Crippen molar-refractivity contribution >= 4 is 5.91 Å². The molecule has 1 aromatic rings. The van der Waals surface area contributed by atoms with Crippen LogP contribution in [0.25, 0.3) is 0 Å². The van der Waals surface area contributed by atoms with Crippen LogP contribution in [0.4, 0.5) is 0 Å². The molecule has 0 saturated carbocycles. The van der Waals surface area contributed by atoms with E-state index >= 15 is 0 Å². The van der Waals surface area contributed by atoms with Crippen LogP contribution in [0.15, 0.2) is 6.07 Å². The second kappa shape index (κ2) is 5.53. The van der Waals surface area contributed by atoms with Crippen molar-refractivity contribution in [1.29, 1.82) is 0 Å². The maximum Gasteiger partial charge on any atom is 0.219 e. The van der Waals surface area contributed by atoms with E-state index in [1.807, 2.05) is 13.8 Å². The Morgan fingerprint density at radius 2 is 1.67 bits per heavy atom. The van der Waals surface area contributed by atoms with Crippen molar-refractivity contribution in [3.8, 4) is 0 Å². The minimum absolute atomic E-state index is 0.0352. The van der Waals surface area contributed by atoms with Gasteiger partial charge in [0.05, 0.1) is 12.6 Å². The first-order valence-electron chi connectivity index (χ1n) is 6.22. The topological polar surface area (TPSA) is 40.5 Å². The van der Waals surface area contributed by atoms with E-state index in [2.05, 4.69) is 19.9 Å². The number of likely N-dealkylation sites (N-methyl/N-ethyl adjacent to an activating group) is 1. The summed E-state index contributed by atoms with van der Waals surface area (Å²) in [4.78, 5) is 13.1. The summed E-state index contributed by atoms with van der Waals surface area (Å²) in [7, 11) is 1.74. The summed E-state index contributed by atoms with van der Waals surface area (Å²) in [6.07, 6.45) is 0. The van der Waals surface area contributed by atoms with Crippen molar-refractivity contribution in [3.05, 3.63) is 33.9 Å². The number of amides is 1. The molecule has 0 aromatic heterocycles. The van der Waals surface area contributed by atoms with Crippen LogP contribution in [-0.2, 0) is 4.79 Å². The van der Waals surface area contributed by atoms with E-state index in [9.17, 15) is 9.90 Å². The number of hydrogen-bond acceptors (Lipinski definition) is 2. The number of aryl methyl sites for hydroxylation is 2. The molecular weight excluding hydrogens is 226 g/mol. The SMILES string of the molecule is CC(=O)N(C)C(CO)c1c(C)c(C)cc(C)c1C. The molecule has 18 heavy (non-hydrogen) atoms. The van der Waals surface area contributed by atoms with Gasteiger partial charge in [0, 0.05) is 14.0 Å². The third-order valence-electron chi connectivity index (χ3n) is 3.89. The number of hydrogen-bond donors (Lipinski definition) is 1. The number of aliphatic hydroxyl groups is 1. The highest BCUT2D eigenvalue weighted by molar-refractivity contribution is 5.73.